The van der Waals surface area contributed by atoms with Gasteiger partial charge in [-0.2, -0.15) is 0 Å². The zero-order chi connectivity index (χ0) is 21.3. The molecule has 0 bridgehead atoms. The first kappa shape index (κ1) is 19.8. The molecule has 0 aliphatic rings. The van der Waals surface area contributed by atoms with Crippen molar-refractivity contribution in [3.05, 3.63) is 66.2 Å². The Morgan fingerprint density at radius 1 is 0.933 bits per heavy atom. The van der Waals surface area contributed by atoms with Crippen LogP contribution >= 0.6 is 0 Å². The maximum atomic E-state index is 12.8. The molecule has 0 amide bonds. The van der Waals surface area contributed by atoms with Crippen molar-refractivity contribution in [1.29, 1.82) is 0 Å². The van der Waals surface area contributed by atoms with Crippen molar-refractivity contribution in [3.8, 4) is 23.0 Å². The molecule has 1 heterocycles. The molecule has 1 aromatic heterocycles. The van der Waals surface area contributed by atoms with Crippen LogP contribution in [0.25, 0.3) is 22.6 Å². The number of methoxy groups -OCH3 is 2. The van der Waals surface area contributed by atoms with E-state index in [2.05, 4.69) is 9.71 Å². The quantitative estimate of drug-likeness (QED) is 0.486. The Balaban J connectivity index is 1.65. The van der Waals surface area contributed by atoms with E-state index in [1.54, 1.807) is 24.3 Å². The van der Waals surface area contributed by atoms with Gasteiger partial charge in [-0.25, -0.2) is 13.4 Å². The molecule has 0 aliphatic heterocycles. The van der Waals surface area contributed by atoms with Crippen molar-refractivity contribution in [2.75, 3.05) is 18.9 Å². The number of hydrogen-bond donors (Lipinski definition) is 1. The topological polar surface area (TPSA) is 90.7 Å². The number of rotatable bonds is 6. The van der Waals surface area contributed by atoms with Gasteiger partial charge in [-0.15, -0.1) is 0 Å². The van der Waals surface area contributed by atoms with Crippen LogP contribution in [0.2, 0.25) is 0 Å². The summed E-state index contributed by atoms with van der Waals surface area (Å²) in [6.45, 7) is 1.99. The van der Waals surface area contributed by atoms with Crippen molar-refractivity contribution >= 4 is 26.8 Å². The Morgan fingerprint density at radius 3 is 2.47 bits per heavy atom. The first-order valence-corrected chi connectivity index (χ1v) is 10.6. The number of nitrogens with one attached hydrogen (secondary N) is 1. The third-order valence-corrected chi connectivity index (χ3v) is 5.95. The zero-order valence-corrected chi connectivity index (χ0v) is 17.5. The average molecular weight is 424 g/mol. The number of fused-ring (bicyclic) bond motifs is 1. The molecule has 0 aliphatic carbocycles. The summed E-state index contributed by atoms with van der Waals surface area (Å²) in [6.07, 6.45) is 0. The van der Waals surface area contributed by atoms with Gasteiger partial charge in [-0.3, -0.25) is 4.72 Å². The van der Waals surface area contributed by atoms with E-state index in [-0.39, 0.29) is 4.90 Å². The molecule has 0 unspecified atom stereocenters. The highest BCUT2D eigenvalue weighted by atomic mass is 32.2. The summed E-state index contributed by atoms with van der Waals surface area (Å²) < 4.78 is 44.4. The molecule has 4 rings (SSSR count). The molecular weight excluding hydrogens is 404 g/mol. The molecule has 1 N–H and O–H groups in total. The summed E-state index contributed by atoms with van der Waals surface area (Å²) >= 11 is 0. The molecule has 0 radical (unpaired) electrons. The largest absolute Gasteiger partial charge is 0.493 e. The van der Waals surface area contributed by atoms with Crippen molar-refractivity contribution in [1.82, 2.24) is 4.98 Å². The van der Waals surface area contributed by atoms with Crippen LogP contribution in [0.5, 0.6) is 11.5 Å². The highest BCUT2D eigenvalue weighted by molar-refractivity contribution is 7.92. The van der Waals surface area contributed by atoms with Crippen LogP contribution in [0.3, 0.4) is 0 Å². The molecule has 0 saturated heterocycles. The summed E-state index contributed by atoms with van der Waals surface area (Å²) in [5.74, 6) is 1.26. The lowest BCUT2D eigenvalue weighted by molar-refractivity contribution is 0.354. The van der Waals surface area contributed by atoms with Gasteiger partial charge >= 0.3 is 0 Å². The number of aryl methyl sites for hydroxylation is 1. The number of sulfonamides is 1. The number of aromatic nitrogens is 1. The van der Waals surface area contributed by atoms with Crippen LogP contribution in [0.1, 0.15) is 5.56 Å². The number of hydrogen-bond acceptors (Lipinski definition) is 6. The number of benzene rings is 3. The molecule has 0 fully saturated rings. The Bertz CT molecular complexity index is 1330. The molecule has 154 valence electrons. The molecule has 0 saturated carbocycles. The van der Waals surface area contributed by atoms with Gasteiger partial charge in [0.15, 0.2) is 17.1 Å². The van der Waals surface area contributed by atoms with Gasteiger partial charge < -0.3 is 13.9 Å². The minimum atomic E-state index is -3.84. The van der Waals surface area contributed by atoms with Gasteiger partial charge in [0.05, 0.1) is 24.8 Å². The Labute approximate surface area is 174 Å². The fourth-order valence-corrected chi connectivity index (χ4v) is 4.15. The van der Waals surface area contributed by atoms with E-state index in [1.807, 2.05) is 31.2 Å². The van der Waals surface area contributed by atoms with E-state index in [9.17, 15) is 8.42 Å². The number of anilines is 1. The van der Waals surface area contributed by atoms with Crippen LogP contribution in [-0.2, 0) is 10.0 Å². The smallest absolute Gasteiger partial charge is 0.262 e. The van der Waals surface area contributed by atoms with E-state index in [0.29, 0.717) is 34.2 Å². The van der Waals surface area contributed by atoms with Gasteiger partial charge in [-0.1, -0.05) is 17.7 Å². The van der Waals surface area contributed by atoms with E-state index in [1.165, 1.54) is 26.4 Å². The number of oxazole rings is 1. The molecular formula is C22H20N2O5S. The monoisotopic (exact) mass is 424 g/mol. The predicted molar refractivity (Wildman–Crippen MR) is 115 cm³/mol. The highest BCUT2D eigenvalue weighted by Gasteiger charge is 2.18. The molecule has 0 atom stereocenters. The summed E-state index contributed by atoms with van der Waals surface area (Å²) in [5.41, 5.74) is 3.44. The fraction of sp³-hybridized carbons (Fsp3) is 0.136. The lowest BCUT2D eigenvalue weighted by atomic mass is 10.1. The lowest BCUT2D eigenvalue weighted by Gasteiger charge is -2.11. The van der Waals surface area contributed by atoms with Crippen molar-refractivity contribution in [3.63, 3.8) is 0 Å². The van der Waals surface area contributed by atoms with E-state index in [4.69, 9.17) is 13.9 Å². The lowest BCUT2D eigenvalue weighted by Crippen LogP contribution is -2.13. The third kappa shape index (κ3) is 3.81. The fourth-order valence-electron chi connectivity index (χ4n) is 3.09. The van der Waals surface area contributed by atoms with Gasteiger partial charge in [0, 0.05) is 17.7 Å². The molecule has 30 heavy (non-hydrogen) atoms. The normalized spacial score (nSPS) is 11.4. The molecule has 8 heteroatoms. The Kier molecular flexibility index (Phi) is 5.09. The second-order valence-corrected chi connectivity index (χ2v) is 8.38. The van der Waals surface area contributed by atoms with Crippen LogP contribution in [0, 0.1) is 6.92 Å². The van der Waals surface area contributed by atoms with E-state index < -0.39 is 10.0 Å². The zero-order valence-electron chi connectivity index (χ0n) is 16.7. The second-order valence-electron chi connectivity index (χ2n) is 6.69. The summed E-state index contributed by atoms with van der Waals surface area (Å²) in [4.78, 5) is 4.54. The van der Waals surface area contributed by atoms with Crippen LogP contribution in [0.15, 0.2) is 70.0 Å². The Hall–Kier alpha value is -3.52. The minimum Gasteiger partial charge on any atom is -0.493 e. The summed E-state index contributed by atoms with van der Waals surface area (Å²) in [7, 11) is -0.900. The van der Waals surface area contributed by atoms with Crippen molar-refractivity contribution < 1.29 is 22.3 Å². The van der Waals surface area contributed by atoms with Gasteiger partial charge in [-0.05, 0) is 43.3 Å². The maximum absolute atomic E-state index is 12.8. The predicted octanol–water partition coefficient (Wildman–Crippen LogP) is 4.62. The first-order chi connectivity index (χ1) is 14.4. The van der Waals surface area contributed by atoms with Crippen LogP contribution < -0.4 is 14.2 Å². The molecule has 0 spiro atoms. The molecule has 4 aromatic rings. The maximum Gasteiger partial charge on any atom is 0.262 e. The SMILES string of the molecule is COc1ccc(S(=O)(=O)Nc2ccc3nc(-c4cccc(C)c4)oc3c2)cc1OC. The molecule has 7 nitrogen and oxygen atoms in total. The van der Waals surface area contributed by atoms with Crippen molar-refractivity contribution in [2.45, 2.75) is 11.8 Å². The average Bonchev–Trinajstić information content (AvgIpc) is 3.16. The van der Waals surface area contributed by atoms with Crippen molar-refractivity contribution in [2.24, 2.45) is 0 Å². The molecule has 3 aromatic carbocycles. The summed E-state index contributed by atoms with van der Waals surface area (Å²) in [5, 5.41) is 0. The van der Waals surface area contributed by atoms with Gasteiger partial charge in [0.2, 0.25) is 5.89 Å². The van der Waals surface area contributed by atoms with Gasteiger partial charge in [0.25, 0.3) is 10.0 Å². The standard InChI is InChI=1S/C22H20N2O5S/c1-14-5-4-6-15(11-14)22-23-18-9-7-16(12-20(18)29-22)24-30(25,26)17-8-10-19(27-2)21(13-17)28-3/h4-13,24H,1-3H3. The minimum absolute atomic E-state index is 0.0540. The van der Waals surface area contributed by atoms with E-state index >= 15 is 0 Å². The van der Waals surface area contributed by atoms with E-state index in [0.717, 1.165) is 11.1 Å². The summed E-state index contributed by atoms with van der Waals surface area (Å²) in [6, 6.07) is 17.2. The third-order valence-electron chi connectivity index (χ3n) is 4.57. The highest BCUT2D eigenvalue weighted by Crippen LogP contribution is 2.31. The number of ether oxygens (including phenoxy) is 2. The Morgan fingerprint density at radius 2 is 1.73 bits per heavy atom. The van der Waals surface area contributed by atoms with Crippen LogP contribution in [0.4, 0.5) is 5.69 Å². The van der Waals surface area contributed by atoms with Gasteiger partial charge in [0.1, 0.15) is 5.52 Å². The number of nitrogens with zero attached hydrogens (tertiary/aromatic N) is 1. The first-order valence-electron chi connectivity index (χ1n) is 9.12. The van der Waals surface area contributed by atoms with Crippen LogP contribution in [-0.4, -0.2) is 27.6 Å². The second kappa shape index (κ2) is 7.72.